The smallest absolute Gasteiger partial charge is 0.237 e. The van der Waals surface area contributed by atoms with Crippen LogP contribution in [0.1, 0.15) is 32.6 Å². The van der Waals surface area contributed by atoms with Crippen molar-refractivity contribution in [1.82, 2.24) is 9.13 Å². The molecule has 2 heterocycles. The monoisotopic (exact) mass is 274 g/mol. The summed E-state index contributed by atoms with van der Waals surface area (Å²) in [6.07, 6.45) is 19.6. The second-order valence-corrected chi connectivity index (χ2v) is 5.18. The summed E-state index contributed by atoms with van der Waals surface area (Å²) in [5.74, 6) is 0. The van der Waals surface area contributed by atoms with Crippen LogP contribution in [0.25, 0.3) is 6.20 Å². The molecule has 4 heteroatoms. The van der Waals surface area contributed by atoms with Gasteiger partial charge in [-0.05, 0) is 32.6 Å². The lowest BCUT2D eigenvalue weighted by molar-refractivity contribution is -0.698. The lowest BCUT2D eigenvalue weighted by Gasteiger charge is -1.99. The molecule has 0 aliphatic rings. The average molecular weight is 274 g/mol. The standard InChI is InChI=1S/C16H26N4/c1-3-17-11-13-19(15-17)9-7-5-6-8-10-20-14-12-18(4-2)16-20/h3,11-16H,1,4-10H2,2H3/q+2. The van der Waals surface area contributed by atoms with Crippen molar-refractivity contribution in [2.45, 2.75) is 52.2 Å². The Hall–Kier alpha value is -1.84. The molecule has 0 atom stereocenters. The summed E-state index contributed by atoms with van der Waals surface area (Å²) < 4.78 is 8.69. The molecule has 2 aromatic rings. The van der Waals surface area contributed by atoms with Crippen molar-refractivity contribution in [3.8, 4) is 0 Å². The summed E-state index contributed by atoms with van der Waals surface area (Å²) in [6.45, 7) is 9.20. The molecular formula is C16H26N4+2. The number of aryl methyl sites for hydroxylation is 3. The maximum absolute atomic E-state index is 3.75. The van der Waals surface area contributed by atoms with Gasteiger partial charge in [0.2, 0.25) is 12.7 Å². The first-order valence-corrected chi connectivity index (χ1v) is 7.55. The van der Waals surface area contributed by atoms with Gasteiger partial charge in [-0.2, -0.15) is 0 Å². The molecule has 20 heavy (non-hydrogen) atoms. The Balaban J connectivity index is 1.56. The molecule has 0 aliphatic heterocycles. The lowest BCUT2D eigenvalue weighted by atomic mass is 10.2. The first kappa shape index (κ1) is 14.6. The second-order valence-electron chi connectivity index (χ2n) is 5.18. The number of aromatic nitrogens is 4. The molecule has 0 saturated heterocycles. The number of unbranched alkanes of at least 4 members (excludes halogenated alkanes) is 3. The van der Waals surface area contributed by atoms with Gasteiger partial charge in [-0.15, -0.1) is 0 Å². The third-order valence-electron chi connectivity index (χ3n) is 3.62. The topological polar surface area (TPSA) is 17.6 Å². The predicted molar refractivity (Wildman–Crippen MR) is 79.8 cm³/mol. The Labute approximate surface area is 121 Å². The number of nitrogens with zero attached hydrogens (tertiary/aromatic N) is 4. The van der Waals surface area contributed by atoms with Gasteiger partial charge >= 0.3 is 0 Å². The molecule has 2 aromatic heterocycles. The third kappa shape index (κ3) is 4.37. The van der Waals surface area contributed by atoms with E-state index in [0.717, 1.165) is 19.6 Å². The van der Waals surface area contributed by atoms with E-state index < -0.39 is 0 Å². The maximum atomic E-state index is 3.75. The largest absolute Gasteiger partial charge is 0.248 e. The molecule has 0 saturated carbocycles. The van der Waals surface area contributed by atoms with Gasteiger partial charge in [0, 0.05) is 0 Å². The van der Waals surface area contributed by atoms with Gasteiger partial charge in [-0.1, -0.05) is 6.58 Å². The molecule has 2 rings (SSSR count). The van der Waals surface area contributed by atoms with Crippen molar-refractivity contribution in [2.75, 3.05) is 0 Å². The van der Waals surface area contributed by atoms with Crippen LogP contribution in [-0.4, -0.2) is 9.13 Å². The third-order valence-corrected chi connectivity index (χ3v) is 3.62. The van der Waals surface area contributed by atoms with Crippen LogP contribution in [0.15, 0.2) is 44.0 Å². The summed E-state index contributed by atoms with van der Waals surface area (Å²) in [7, 11) is 0. The predicted octanol–water partition coefficient (Wildman–Crippen LogP) is 2.25. The molecule has 0 N–H and O–H groups in total. The second kappa shape index (κ2) is 7.68. The summed E-state index contributed by atoms with van der Waals surface area (Å²) >= 11 is 0. The summed E-state index contributed by atoms with van der Waals surface area (Å²) in [5, 5.41) is 0. The van der Waals surface area contributed by atoms with E-state index in [1.54, 1.807) is 0 Å². The first-order valence-electron chi connectivity index (χ1n) is 7.55. The van der Waals surface area contributed by atoms with E-state index in [4.69, 9.17) is 0 Å². The van der Waals surface area contributed by atoms with Crippen LogP contribution in [0.4, 0.5) is 0 Å². The highest BCUT2D eigenvalue weighted by Gasteiger charge is 2.02. The van der Waals surface area contributed by atoms with E-state index >= 15 is 0 Å². The Bertz CT molecular complexity index is 524. The van der Waals surface area contributed by atoms with Crippen molar-refractivity contribution in [2.24, 2.45) is 0 Å². The fourth-order valence-corrected chi connectivity index (χ4v) is 2.35. The molecule has 0 aromatic carbocycles. The Morgan fingerprint density at radius 2 is 1.60 bits per heavy atom. The highest BCUT2D eigenvalue weighted by atomic mass is 15.1. The zero-order valence-electron chi connectivity index (χ0n) is 12.5. The van der Waals surface area contributed by atoms with E-state index in [1.165, 1.54) is 25.7 Å². The number of imidazole rings is 2. The Morgan fingerprint density at radius 3 is 2.15 bits per heavy atom. The van der Waals surface area contributed by atoms with Crippen LogP contribution in [0.2, 0.25) is 0 Å². The van der Waals surface area contributed by atoms with Crippen molar-refractivity contribution in [1.29, 1.82) is 0 Å². The molecule has 0 spiro atoms. The van der Waals surface area contributed by atoms with E-state index in [2.05, 4.69) is 58.4 Å². The Morgan fingerprint density at radius 1 is 0.950 bits per heavy atom. The van der Waals surface area contributed by atoms with Crippen molar-refractivity contribution in [3.63, 3.8) is 0 Å². The minimum atomic E-state index is 1.05. The van der Waals surface area contributed by atoms with Gasteiger partial charge in [-0.25, -0.2) is 18.3 Å². The zero-order valence-corrected chi connectivity index (χ0v) is 12.5. The zero-order chi connectivity index (χ0) is 14.2. The molecule has 0 bridgehead atoms. The summed E-state index contributed by atoms with van der Waals surface area (Å²) in [6, 6.07) is 0. The summed E-state index contributed by atoms with van der Waals surface area (Å²) in [5.41, 5.74) is 0. The van der Waals surface area contributed by atoms with E-state index in [9.17, 15) is 0 Å². The number of hydrogen-bond acceptors (Lipinski definition) is 0. The summed E-state index contributed by atoms with van der Waals surface area (Å²) in [4.78, 5) is 0. The SMILES string of the molecule is C=Cn1cc[n+](CCCCCC[n+]2ccn(CC)c2)c1. The van der Waals surface area contributed by atoms with Gasteiger partial charge in [0.25, 0.3) is 0 Å². The fourth-order valence-electron chi connectivity index (χ4n) is 2.35. The van der Waals surface area contributed by atoms with Gasteiger partial charge in [0.15, 0.2) is 0 Å². The van der Waals surface area contributed by atoms with Crippen LogP contribution in [-0.2, 0) is 19.6 Å². The minimum absolute atomic E-state index is 1.05. The van der Waals surface area contributed by atoms with Crippen LogP contribution in [0.3, 0.4) is 0 Å². The van der Waals surface area contributed by atoms with Crippen LogP contribution in [0, 0.1) is 0 Å². The van der Waals surface area contributed by atoms with E-state index in [0.29, 0.717) is 0 Å². The van der Waals surface area contributed by atoms with Gasteiger partial charge in [0.1, 0.15) is 24.8 Å². The van der Waals surface area contributed by atoms with Crippen molar-refractivity contribution >= 4 is 6.20 Å². The lowest BCUT2D eigenvalue weighted by Crippen LogP contribution is -2.31. The van der Waals surface area contributed by atoms with Crippen LogP contribution >= 0.6 is 0 Å². The Kier molecular flexibility index (Phi) is 5.59. The molecule has 0 fully saturated rings. The highest BCUT2D eigenvalue weighted by molar-refractivity contribution is 5.12. The van der Waals surface area contributed by atoms with Crippen LogP contribution in [0.5, 0.6) is 0 Å². The van der Waals surface area contributed by atoms with E-state index in [-0.39, 0.29) is 0 Å². The molecule has 108 valence electrons. The quantitative estimate of drug-likeness (QED) is 0.493. The minimum Gasteiger partial charge on any atom is -0.237 e. The molecule has 4 nitrogen and oxygen atoms in total. The van der Waals surface area contributed by atoms with Crippen LogP contribution < -0.4 is 9.13 Å². The van der Waals surface area contributed by atoms with Gasteiger partial charge < -0.3 is 0 Å². The molecule has 0 aliphatic carbocycles. The maximum Gasteiger partial charge on any atom is 0.248 e. The molecular weight excluding hydrogens is 248 g/mol. The number of hydrogen-bond donors (Lipinski definition) is 0. The van der Waals surface area contributed by atoms with E-state index in [1.807, 2.05) is 17.0 Å². The average Bonchev–Trinajstić information content (AvgIpc) is 3.11. The molecule has 0 radical (unpaired) electrons. The molecule has 0 unspecified atom stereocenters. The van der Waals surface area contributed by atoms with Crippen molar-refractivity contribution < 1.29 is 9.13 Å². The van der Waals surface area contributed by atoms with Crippen molar-refractivity contribution in [3.05, 3.63) is 44.0 Å². The molecule has 0 amide bonds. The highest BCUT2D eigenvalue weighted by Crippen LogP contribution is 2.00. The first-order chi connectivity index (χ1) is 9.81. The number of rotatable bonds is 9. The fraction of sp³-hybridized carbons (Fsp3) is 0.500. The normalized spacial score (nSPS) is 10.8. The van der Waals surface area contributed by atoms with Gasteiger partial charge in [0.05, 0.1) is 25.8 Å². The van der Waals surface area contributed by atoms with Gasteiger partial charge in [-0.3, -0.25) is 0 Å².